The topological polar surface area (TPSA) is 48.4 Å². The maximum absolute atomic E-state index is 12.9. The number of benzene rings is 1. The lowest BCUT2D eigenvalue weighted by molar-refractivity contribution is 0.0507. The van der Waals surface area contributed by atoms with E-state index in [-0.39, 0.29) is 11.4 Å². The first kappa shape index (κ1) is 16.1. The third-order valence-electron chi connectivity index (χ3n) is 5.44. The quantitative estimate of drug-likeness (QED) is 0.786. The summed E-state index contributed by atoms with van der Waals surface area (Å²) in [4.78, 5) is 16.9. The van der Waals surface area contributed by atoms with Crippen LogP contribution in [0, 0.1) is 0 Å². The molecule has 1 aromatic heterocycles. The van der Waals surface area contributed by atoms with Crippen molar-refractivity contribution in [3.63, 3.8) is 0 Å². The zero-order valence-corrected chi connectivity index (χ0v) is 14.6. The number of hydrogen-bond donors (Lipinski definition) is 0. The average molecular weight is 337 g/mol. The second-order valence-electron chi connectivity index (χ2n) is 7.10. The molecule has 0 atom stereocenters. The van der Waals surface area contributed by atoms with Crippen molar-refractivity contribution in [3.05, 3.63) is 53.3 Å². The lowest BCUT2D eigenvalue weighted by Gasteiger charge is -2.32. The number of methoxy groups -OCH3 is 1. The number of carbonyl (C=O) groups is 1. The molecule has 2 heterocycles. The van der Waals surface area contributed by atoms with Crippen LogP contribution in [0.25, 0.3) is 0 Å². The van der Waals surface area contributed by atoms with E-state index in [4.69, 9.17) is 9.47 Å². The predicted molar refractivity (Wildman–Crippen MR) is 95.4 cm³/mol. The Morgan fingerprint density at radius 3 is 2.64 bits per heavy atom. The highest BCUT2D eigenvalue weighted by atomic mass is 16.5. The van der Waals surface area contributed by atoms with E-state index in [0.29, 0.717) is 6.42 Å². The molecule has 1 aliphatic carbocycles. The van der Waals surface area contributed by atoms with Gasteiger partial charge in [-0.05, 0) is 55.5 Å². The van der Waals surface area contributed by atoms with E-state index >= 15 is 0 Å². The van der Waals surface area contributed by atoms with Gasteiger partial charge in [-0.1, -0.05) is 6.42 Å². The fourth-order valence-corrected chi connectivity index (χ4v) is 4.15. The molecule has 25 heavy (non-hydrogen) atoms. The Morgan fingerprint density at radius 2 is 1.92 bits per heavy atom. The van der Waals surface area contributed by atoms with Gasteiger partial charge >= 0.3 is 0 Å². The molecule has 4 nitrogen and oxygen atoms in total. The highest BCUT2D eigenvalue weighted by molar-refractivity contribution is 6.00. The first-order valence-electron chi connectivity index (χ1n) is 9.02. The van der Waals surface area contributed by atoms with E-state index in [1.54, 1.807) is 19.5 Å². The van der Waals surface area contributed by atoms with Gasteiger partial charge in [0, 0.05) is 36.4 Å². The van der Waals surface area contributed by atoms with Crippen LogP contribution in [-0.4, -0.2) is 23.5 Å². The van der Waals surface area contributed by atoms with Gasteiger partial charge in [0.1, 0.15) is 5.60 Å². The molecule has 0 saturated heterocycles. The van der Waals surface area contributed by atoms with Crippen molar-refractivity contribution in [2.45, 2.75) is 50.5 Å². The van der Waals surface area contributed by atoms with Gasteiger partial charge in [-0.25, -0.2) is 0 Å². The van der Waals surface area contributed by atoms with E-state index in [2.05, 4.69) is 4.98 Å². The van der Waals surface area contributed by atoms with E-state index in [1.807, 2.05) is 24.3 Å². The molecule has 1 saturated carbocycles. The molecule has 1 spiro atoms. The first-order chi connectivity index (χ1) is 12.2. The van der Waals surface area contributed by atoms with Crippen molar-refractivity contribution in [1.29, 1.82) is 0 Å². The molecule has 0 unspecified atom stereocenters. The number of rotatable bonds is 4. The monoisotopic (exact) mass is 337 g/mol. The molecule has 0 amide bonds. The summed E-state index contributed by atoms with van der Waals surface area (Å²) in [5.74, 6) is 1.64. The SMILES string of the molecule is COc1ccc(C(=O)Cc2ccncc2)c2c1OC1(CCCCC1)C2. The van der Waals surface area contributed by atoms with Gasteiger partial charge in [0.25, 0.3) is 0 Å². The summed E-state index contributed by atoms with van der Waals surface area (Å²) in [6.45, 7) is 0. The van der Waals surface area contributed by atoms with Crippen LogP contribution >= 0.6 is 0 Å². The molecule has 0 bridgehead atoms. The smallest absolute Gasteiger partial charge is 0.167 e. The summed E-state index contributed by atoms with van der Waals surface area (Å²) in [6.07, 6.45) is 10.4. The molecule has 4 rings (SSSR count). The Kier molecular flexibility index (Phi) is 4.20. The van der Waals surface area contributed by atoms with Crippen molar-refractivity contribution in [1.82, 2.24) is 4.98 Å². The fraction of sp³-hybridized carbons (Fsp3) is 0.429. The number of fused-ring (bicyclic) bond motifs is 1. The van der Waals surface area contributed by atoms with E-state index in [1.165, 1.54) is 19.3 Å². The molecule has 130 valence electrons. The summed E-state index contributed by atoms with van der Waals surface area (Å²) in [7, 11) is 1.66. The van der Waals surface area contributed by atoms with Crippen molar-refractivity contribution < 1.29 is 14.3 Å². The Labute approximate surface area is 148 Å². The number of ether oxygens (including phenoxy) is 2. The minimum atomic E-state index is -0.138. The van der Waals surface area contributed by atoms with Crippen LogP contribution in [0.5, 0.6) is 11.5 Å². The van der Waals surface area contributed by atoms with Crippen LogP contribution in [0.15, 0.2) is 36.7 Å². The number of nitrogens with zero attached hydrogens (tertiary/aromatic N) is 1. The summed E-state index contributed by atoms with van der Waals surface area (Å²) in [6, 6.07) is 7.54. The van der Waals surface area contributed by atoms with Crippen molar-refractivity contribution >= 4 is 5.78 Å². The lowest BCUT2D eigenvalue weighted by atomic mass is 9.81. The molecule has 1 aromatic carbocycles. The van der Waals surface area contributed by atoms with E-state index in [9.17, 15) is 4.79 Å². The Hall–Kier alpha value is -2.36. The van der Waals surface area contributed by atoms with Crippen LogP contribution in [-0.2, 0) is 12.8 Å². The maximum atomic E-state index is 12.9. The number of hydrogen-bond acceptors (Lipinski definition) is 4. The molecular weight excluding hydrogens is 314 g/mol. The standard InChI is InChI=1S/C21H23NO3/c1-24-19-6-5-16(18(23)13-15-7-11-22-12-8-15)17-14-21(25-20(17)19)9-3-2-4-10-21/h5-8,11-12H,2-4,9-10,13-14H2,1H3. The third-order valence-corrected chi connectivity index (χ3v) is 5.44. The Balaban J connectivity index is 1.67. The van der Waals surface area contributed by atoms with Gasteiger partial charge in [0.05, 0.1) is 7.11 Å². The Morgan fingerprint density at radius 1 is 1.16 bits per heavy atom. The second kappa shape index (κ2) is 6.51. The molecule has 2 aromatic rings. The zero-order chi connectivity index (χ0) is 17.3. The number of aromatic nitrogens is 1. The maximum Gasteiger partial charge on any atom is 0.167 e. The molecule has 0 N–H and O–H groups in total. The molecule has 4 heteroatoms. The summed E-state index contributed by atoms with van der Waals surface area (Å²) >= 11 is 0. The van der Waals surface area contributed by atoms with Crippen LogP contribution in [0.4, 0.5) is 0 Å². The summed E-state index contributed by atoms with van der Waals surface area (Å²) < 4.78 is 11.9. The van der Waals surface area contributed by atoms with Gasteiger partial charge in [-0.2, -0.15) is 0 Å². The van der Waals surface area contributed by atoms with Gasteiger partial charge in [-0.15, -0.1) is 0 Å². The van der Waals surface area contributed by atoms with Gasteiger partial charge in [0.2, 0.25) is 0 Å². The van der Waals surface area contributed by atoms with Crippen LogP contribution in [0.1, 0.15) is 53.6 Å². The summed E-state index contributed by atoms with van der Waals surface area (Å²) in [5.41, 5.74) is 2.65. The highest BCUT2D eigenvalue weighted by Gasteiger charge is 2.43. The molecule has 1 fully saturated rings. The van der Waals surface area contributed by atoms with E-state index in [0.717, 1.165) is 47.5 Å². The van der Waals surface area contributed by atoms with E-state index < -0.39 is 0 Å². The van der Waals surface area contributed by atoms with Crippen LogP contribution in [0.3, 0.4) is 0 Å². The summed E-state index contributed by atoms with van der Waals surface area (Å²) in [5, 5.41) is 0. The first-order valence-corrected chi connectivity index (χ1v) is 9.02. The molecular formula is C21H23NO3. The number of Topliss-reactive ketones (excluding diaryl/α,β-unsaturated/α-hetero) is 1. The lowest BCUT2D eigenvalue weighted by Crippen LogP contribution is -2.36. The van der Waals surface area contributed by atoms with Gasteiger partial charge in [-0.3, -0.25) is 9.78 Å². The fourth-order valence-electron chi connectivity index (χ4n) is 4.15. The molecule has 0 radical (unpaired) electrons. The van der Waals surface area contributed by atoms with Crippen LogP contribution < -0.4 is 9.47 Å². The number of ketones is 1. The largest absolute Gasteiger partial charge is 0.493 e. The number of carbonyl (C=O) groups excluding carboxylic acids is 1. The molecule has 2 aliphatic rings. The number of pyridine rings is 1. The van der Waals surface area contributed by atoms with Gasteiger partial charge < -0.3 is 9.47 Å². The second-order valence-corrected chi connectivity index (χ2v) is 7.10. The van der Waals surface area contributed by atoms with Crippen LogP contribution in [0.2, 0.25) is 0 Å². The van der Waals surface area contributed by atoms with Gasteiger partial charge in [0.15, 0.2) is 17.3 Å². The zero-order valence-electron chi connectivity index (χ0n) is 14.6. The minimum Gasteiger partial charge on any atom is -0.493 e. The Bertz CT molecular complexity index is 779. The minimum absolute atomic E-state index is 0.126. The van der Waals surface area contributed by atoms with Crippen molar-refractivity contribution in [2.24, 2.45) is 0 Å². The predicted octanol–water partition coefficient (Wildman–Crippen LogP) is 4.15. The van der Waals surface area contributed by atoms with Crippen molar-refractivity contribution in [2.75, 3.05) is 7.11 Å². The third kappa shape index (κ3) is 3.01. The average Bonchev–Trinajstić information content (AvgIpc) is 3.00. The van der Waals surface area contributed by atoms with Crippen molar-refractivity contribution in [3.8, 4) is 11.5 Å². The molecule has 1 aliphatic heterocycles. The highest BCUT2D eigenvalue weighted by Crippen LogP contribution is 2.48. The normalized spacial score (nSPS) is 17.8.